The molecule has 0 aliphatic carbocycles. The van der Waals surface area contributed by atoms with Gasteiger partial charge in [0.15, 0.2) is 0 Å². The molecule has 2 N–H and O–H groups in total. The Labute approximate surface area is 163 Å². The normalized spacial score (nSPS) is 11.8. The number of aromatic nitrogens is 2. The number of aryl methyl sites for hydroxylation is 2. The monoisotopic (exact) mass is 414 g/mol. The van der Waals surface area contributed by atoms with Crippen LogP contribution in [-0.2, 0) is 30.9 Å². The largest absolute Gasteiger partial charge is 0.464 e. The van der Waals surface area contributed by atoms with Crippen molar-refractivity contribution in [3.05, 3.63) is 44.3 Å². The molecule has 0 fully saturated rings. The van der Waals surface area contributed by atoms with E-state index in [1.165, 1.54) is 0 Å². The van der Waals surface area contributed by atoms with Crippen molar-refractivity contribution in [1.29, 1.82) is 0 Å². The summed E-state index contributed by atoms with van der Waals surface area (Å²) in [5.41, 5.74) is 1.55. The molecule has 28 heavy (non-hydrogen) atoms. The maximum atomic E-state index is 12.9. The highest BCUT2D eigenvalue weighted by Gasteiger charge is 2.33. The number of rotatable bonds is 10. The van der Waals surface area contributed by atoms with Crippen LogP contribution >= 0.6 is 7.60 Å². The molecule has 2 aromatic heterocycles. The van der Waals surface area contributed by atoms with Crippen LogP contribution in [0, 0.1) is 13.8 Å². The average molecular weight is 414 g/mol. The van der Waals surface area contributed by atoms with Crippen LogP contribution in [0.3, 0.4) is 0 Å². The first-order chi connectivity index (χ1) is 13.3. The highest BCUT2D eigenvalue weighted by atomic mass is 31.2. The molecule has 10 heteroatoms. The first kappa shape index (κ1) is 22.2. The van der Waals surface area contributed by atoms with Crippen LogP contribution in [0.4, 0.5) is 0 Å². The van der Waals surface area contributed by atoms with Crippen molar-refractivity contribution in [3.63, 3.8) is 0 Å². The third kappa shape index (κ3) is 4.84. The van der Waals surface area contributed by atoms with E-state index in [0.29, 0.717) is 22.6 Å². The lowest BCUT2D eigenvalue weighted by Crippen LogP contribution is -2.13. The smallest absolute Gasteiger partial charge is 0.342 e. The van der Waals surface area contributed by atoms with Crippen molar-refractivity contribution in [2.24, 2.45) is 0 Å². The number of carbonyl (C=O) groups excluding carboxylic acids is 1. The summed E-state index contributed by atoms with van der Waals surface area (Å²) in [6, 6.07) is 0. The highest BCUT2D eigenvalue weighted by Crippen LogP contribution is 2.52. The van der Waals surface area contributed by atoms with Gasteiger partial charge in [0.25, 0.3) is 5.56 Å². The Morgan fingerprint density at radius 3 is 2.18 bits per heavy atom. The Kier molecular flexibility index (Phi) is 7.46. The van der Waals surface area contributed by atoms with E-state index in [4.69, 9.17) is 18.2 Å². The molecule has 2 aromatic rings. The molecule has 2 rings (SSSR count). The van der Waals surface area contributed by atoms with E-state index in [1.54, 1.807) is 34.6 Å². The van der Waals surface area contributed by atoms with E-state index in [1.807, 2.05) is 0 Å². The molecule has 0 amide bonds. The number of ether oxygens (including phenoxy) is 1. The summed E-state index contributed by atoms with van der Waals surface area (Å²) in [5, 5.41) is 5.28. The number of carbonyl (C=O) groups is 1. The standard InChI is InChI=1S/C18H27N2O7P/c1-6-24-18(22)16-14(9-13-11(4)19-20-17(13)21)12(5)27-15(16)10-28(23,25-7-2)26-8-3/h6-10H2,1-5H3,(H2,19,20,21). The van der Waals surface area contributed by atoms with Gasteiger partial charge in [-0.1, -0.05) is 0 Å². The molecule has 2 heterocycles. The molecular formula is C18H27N2O7P. The number of hydrogen-bond acceptors (Lipinski definition) is 7. The lowest BCUT2D eigenvalue weighted by atomic mass is 10.0. The number of hydrogen-bond donors (Lipinski definition) is 2. The number of esters is 1. The fourth-order valence-corrected chi connectivity index (χ4v) is 4.58. The van der Waals surface area contributed by atoms with Crippen molar-refractivity contribution >= 4 is 13.6 Å². The fourth-order valence-electron chi connectivity index (χ4n) is 2.97. The summed E-state index contributed by atoms with van der Waals surface area (Å²) < 4.78 is 34.5. The number of aromatic amines is 2. The summed E-state index contributed by atoms with van der Waals surface area (Å²) in [6.07, 6.45) is -0.0339. The zero-order valence-electron chi connectivity index (χ0n) is 16.8. The van der Waals surface area contributed by atoms with Gasteiger partial charge in [0, 0.05) is 23.2 Å². The van der Waals surface area contributed by atoms with Crippen LogP contribution in [0.25, 0.3) is 0 Å². The van der Waals surface area contributed by atoms with E-state index in [-0.39, 0.29) is 49.3 Å². The molecule has 0 unspecified atom stereocenters. The molecule has 0 aliphatic heterocycles. The fraction of sp³-hybridized carbons (Fsp3) is 0.556. The van der Waals surface area contributed by atoms with Gasteiger partial charge in [-0.25, -0.2) is 4.79 Å². The molecule has 0 saturated heterocycles. The van der Waals surface area contributed by atoms with Gasteiger partial charge in [0.05, 0.1) is 19.8 Å². The number of nitrogens with one attached hydrogen (secondary N) is 2. The van der Waals surface area contributed by atoms with Gasteiger partial charge in [-0.2, -0.15) is 0 Å². The predicted octanol–water partition coefficient (Wildman–Crippen LogP) is 3.45. The van der Waals surface area contributed by atoms with Crippen LogP contribution in [0.15, 0.2) is 9.21 Å². The van der Waals surface area contributed by atoms with Crippen LogP contribution in [0.2, 0.25) is 0 Å². The highest BCUT2D eigenvalue weighted by molar-refractivity contribution is 7.53. The van der Waals surface area contributed by atoms with Crippen LogP contribution < -0.4 is 5.56 Å². The van der Waals surface area contributed by atoms with Crippen molar-refractivity contribution in [2.45, 2.75) is 47.2 Å². The summed E-state index contributed by atoms with van der Waals surface area (Å²) in [5.74, 6) is 0.00640. The Morgan fingerprint density at radius 2 is 1.68 bits per heavy atom. The molecule has 156 valence electrons. The molecule has 0 aliphatic rings. The van der Waals surface area contributed by atoms with Gasteiger partial charge >= 0.3 is 13.6 Å². The van der Waals surface area contributed by atoms with Gasteiger partial charge in [0.2, 0.25) is 0 Å². The Morgan fingerprint density at radius 1 is 1.04 bits per heavy atom. The minimum Gasteiger partial charge on any atom is -0.464 e. The molecule has 0 saturated carbocycles. The molecule has 0 bridgehead atoms. The first-order valence-corrected chi connectivity index (χ1v) is 10.9. The average Bonchev–Trinajstić information content (AvgIpc) is 3.09. The number of furan rings is 1. The van der Waals surface area contributed by atoms with Crippen LogP contribution in [0.1, 0.15) is 59.5 Å². The van der Waals surface area contributed by atoms with Crippen LogP contribution in [-0.4, -0.2) is 36.0 Å². The predicted molar refractivity (Wildman–Crippen MR) is 103 cm³/mol. The first-order valence-electron chi connectivity index (χ1n) is 9.18. The summed E-state index contributed by atoms with van der Waals surface area (Å²) in [7, 11) is -3.50. The van der Waals surface area contributed by atoms with E-state index >= 15 is 0 Å². The van der Waals surface area contributed by atoms with Crippen molar-refractivity contribution in [3.8, 4) is 0 Å². The van der Waals surface area contributed by atoms with Crippen molar-refractivity contribution < 1.29 is 27.6 Å². The molecule has 0 atom stereocenters. The van der Waals surface area contributed by atoms with Gasteiger partial charge in [-0.3, -0.25) is 14.5 Å². The lowest BCUT2D eigenvalue weighted by molar-refractivity contribution is 0.0523. The summed E-state index contributed by atoms with van der Waals surface area (Å²) >= 11 is 0. The Bertz CT molecular complexity index is 915. The SMILES string of the molecule is CCOC(=O)c1c(CP(=O)(OCC)OCC)oc(C)c1Cc1c(C)[nH][nH]c1=O. The number of H-pyrrole nitrogens is 2. The zero-order valence-corrected chi connectivity index (χ0v) is 17.7. The van der Waals surface area contributed by atoms with Gasteiger partial charge < -0.3 is 23.3 Å². The topological polar surface area (TPSA) is 124 Å². The van der Waals surface area contributed by atoms with Crippen LogP contribution in [0.5, 0.6) is 0 Å². The lowest BCUT2D eigenvalue weighted by Gasteiger charge is -2.16. The Hall–Kier alpha value is -2.09. The van der Waals surface area contributed by atoms with Crippen molar-refractivity contribution in [1.82, 2.24) is 10.2 Å². The van der Waals surface area contributed by atoms with Gasteiger partial charge in [-0.05, 0) is 34.6 Å². The van der Waals surface area contributed by atoms with E-state index in [0.717, 1.165) is 0 Å². The maximum absolute atomic E-state index is 12.9. The van der Waals surface area contributed by atoms with E-state index in [2.05, 4.69) is 10.2 Å². The molecule has 9 nitrogen and oxygen atoms in total. The molecule has 0 radical (unpaired) electrons. The quantitative estimate of drug-likeness (QED) is 0.451. The second-order valence-corrected chi connectivity index (χ2v) is 8.17. The van der Waals surface area contributed by atoms with E-state index in [9.17, 15) is 14.2 Å². The second kappa shape index (κ2) is 9.41. The maximum Gasteiger partial charge on any atom is 0.342 e. The Balaban J connectivity index is 2.53. The zero-order chi connectivity index (χ0) is 20.9. The second-order valence-electron chi connectivity index (χ2n) is 6.12. The minimum absolute atomic E-state index is 0.166. The molecule has 0 aromatic carbocycles. The summed E-state index contributed by atoms with van der Waals surface area (Å²) in [4.78, 5) is 24.7. The summed E-state index contributed by atoms with van der Waals surface area (Å²) in [6.45, 7) is 9.09. The van der Waals surface area contributed by atoms with Gasteiger partial charge in [0.1, 0.15) is 23.2 Å². The molecular weight excluding hydrogens is 387 g/mol. The van der Waals surface area contributed by atoms with Crippen molar-refractivity contribution in [2.75, 3.05) is 19.8 Å². The van der Waals surface area contributed by atoms with E-state index < -0.39 is 13.6 Å². The minimum atomic E-state index is -3.50. The molecule has 0 spiro atoms. The third-order valence-electron chi connectivity index (χ3n) is 4.19. The van der Waals surface area contributed by atoms with Gasteiger partial charge in [-0.15, -0.1) is 0 Å². The third-order valence-corrected chi connectivity index (χ3v) is 6.17.